The topological polar surface area (TPSA) is 52.6 Å². The molecule has 0 amide bonds. The van der Waals surface area contributed by atoms with Crippen molar-refractivity contribution in [1.29, 1.82) is 0 Å². The summed E-state index contributed by atoms with van der Waals surface area (Å²) in [6.07, 6.45) is 15.3. The standard InChI is InChI=1S/2C14H20O2/c1-4-11-6-10-7-12(11)13(8-10)14(5-2)16-9(3)15;1-4-10-6-12-7-11(10)8-13(12)14(5-2)16-9(3)15/h4-5,10,12-14H,2,6-8H2,1,3H3;4-5,11-14H,2,6-8H2,1,3H3. The molecule has 4 nitrogen and oxygen atoms in total. The van der Waals surface area contributed by atoms with Crippen LogP contribution < -0.4 is 0 Å². The van der Waals surface area contributed by atoms with E-state index in [2.05, 4.69) is 39.2 Å². The Kier molecular flexibility index (Phi) is 8.19. The van der Waals surface area contributed by atoms with Gasteiger partial charge in [0.1, 0.15) is 12.2 Å². The SMILES string of the molecule is C=CC(OC(C)=O)C1CC2CC(=CC)C1C2.C=CC(OC(C)=O)C1CC2CC1CC2=CC. The van der Waals surface area contributed by atoms with Gasteiger partial charge in [-0.15, -0.1) is 0 Å². The van der Waals surface area contributed by atoms with Crippen LogP contribution in [0.5, 0.6) is 0 Å². The van der Waals surface area contributed by atoms with E-state index in [4.69, 9.17) is 9.47 Å². The predicted octanol–water partition coefficient (Wildman–Crippen LogP) is 6.19. The molecule has 0 aliphatic heterocycles. The second-order valence-corrected chi connectivity index (χ2v) is 9.95. The summed E-state index contributed by atoms with van der Waals surface area (Å²) in [6.45, 7) is 14.8. The Labute approximate surface area is 193 Å². The fraction of sp³-hybridized carbons (Fsp3) is 0.643. The first-order valence-corrected chi connectivity index (χ1v) is 12.2. The van der Waals surface area contributed by atoms with Crippen LogP contribution >= 0.6 is 0 Å². The minimum Gasteiger partial charge on any atom is -0.458 e. The Bertz CT molecular complexity index is 791. The maximum atomic E-state index is 11.0. The highest BCUT2D eigenvalue weighted by Gasteiger charge is 2.46. The number of rotatable bonds is 6. The van der Waals surface area contributed by atoms with Crippen LogP contribution in [-0.4, -0.2) is 24.1 Å². The number of ether oxygens (including phenoxy) is 2. The van der Waals surface area contributed by atoms with Crippen molar-refractivity contribution < 1.29 is 19.1 Å². The third kappa shape index (κ3) is 5.27. The van der Waals surface area contributed by atoms with Gasteiger partial charge in [-0.05, 0) is 76.0 Å². The van der Waals surface area contributed by atoms with Crippen LogP contribution in [-0.2, 0) is 19.1 Å². The van der Waals surface area contributed by atoms with Gasteiger partial charge in [0.2, 0.25) is 0 Å². The first-order valence-electron chi connectivity index (χ1n) is 12.2. The Balaban J connectivity index is 0.000000181. The van der Waals surface area contributed by atoms with E-state index in [0.29, 0.717) is 23.7 Å². The van der Waals surface area contributed by atoms with E-state index in [1.807, 2.05) is 0 Å². The summed E-state index contributed by atoms with van der Waals surface area (Å²) in [7, 11) is 0. The van der Waals surface area contributed by atoms with Crippen molar-refractivity contribution in [3.8, 4) is 0 Å². The molecule has 0 radical (unpaired) electrons. The van der Waals surface area contributed by atoms with Gasteiger partial charge in [0.05, 0.1) is 0 Å². The fourth-order valence-electron chi connectivity index (χ4n) is 6.88. The molecule has 0 heterocycles. The number of hydrogen-bond acceptors (Lipinski definition) is 4. The molecular weight excluding hydrogens is 400 g/mol. The van der Waals surface area contributed by atoms with Crippen molar-refractivity contribution in [2.45, 2.75) is 78.4 Å². The molecule has 0 aromatic heterocycles. The number of fused-ring (bicyclic) bond motifs is 4. The first kappa shape index (κ1) is 24.5. The number of carbonyl (C=O) groups is 2. The zero-order valence-electron chi connectivity index (χ0n) is 20.2. The molecule has 8 atom stereocenters. The van der Waals surface area contributed by atoms with Crippen molar-refractivity contribution in [1.82, 2.24) is 0 Å². The van der Waals surface area contributed by atoms with Gasteiger partial charge in [-0.25, -0.2) is 0 Å². The van der Waals surface area contributed by atoms with Crippen molar-refractivity contribution in [3.63, 3.8) is 0 Å². The molecule has 0 aromatic rings. The lowest BCUT2D eigenvalue weighted by atomic mass is 9.81. The molecule has 4 aliphatic carbocycles. The van der Waals surface area contributed by atoms with E-state index in [-0.39, 0.29) is 24.1 Å². The summed E-state index contributed by atoms with van der Waals surface area (Å²) >= 11 is 0. The number of esters is 2. The van der Waals surface area contributed by atoms with E-state index in [0.717, 1.165) is 18.3 Å². The van der Waals surface area contributed by atoms with E-state index in [1.54, 1.807) is 23.3 Å². The second kappa shape index (κ2) is 10.7. The van der Waals surface area contributed by atoms with Crippen molar-refractivity contribution in [2.75, 3.05) is 0 Å². The van der Waals surface area contributed by atoms with Gasteiger partial charge < -0.3 is 9.47 Å². The molecule has 4 heteroatoms. The molecule has 4 bridgehead atoms. The lowest BCUT2D eigenvalue weighted by Gasteiger charge is -2.29. The number of allylic oxidation sites excluding steroid dienone is 4. The van der Waals surface area contributed by atoms with Gasteiger partial charge in [0.15, 0.2) is 0 Å². The zero-order valence-corrected chi connectivity index (χ0v) is 20.2. The molecule has 0 aromatic carbocycles. The smallest absolute Gasteiger partial charge is 0.303 e. The van der Waals surface area contributed by atoms with Crippen molar-refractivity contribution in [2.24, 2.45) is 35.5 Å². The van der Waals surface area contributed by atoms with Crippen LogP contribution in [0.2, 0.25) is 0 Å². The molecule has 8 unspecified atom stereocenters. The summed E-state index contributed by atoms with van der Waals surface area (Å²) < 4.78 is 10.7. The summed E-state index contributed by atoms with van der Waals surface area (Å²) in [4.78, 5) is 22.1. The second-order valence-electron chi connectivity index (χ2n) is 9.95. The van der Waals surface area contributed by atoms with Crippen LogP contribution in [0.3, 0.4) is 0 Å². The average Bonchev–Trinajstić information content (AvgIpc) is 3.55. The Morgan fingerprint density at radius 2 is 1.44 bits per heavy atom. The summed E-state index contributed by atoms with van der Waals surface area (Å²) in [5.74, 6) is 3.42. The molecule has 32 heavy (non-hydrogen) atoms. The highest BCUT2D eigenvalue weighted by Crippen LogP contribution is 2.54. The van der Waals surface area contributed by atoms with Gasteiger partial charge in [-0.3, -0.25) is 9.59 Å². The van der Waals surface area contributed by atoms with Crippen LogP contribution in [0.4, 0.5) is 0 Å². The number of carbonyl (C=O) groups excluding carboxylic acids is 2. The minimum atomic E-state index is -0.199. The highest BCUT2D eigenvalue weighted by molar-refractivity contribution is 5.66. The van der Waals surface area contributed by atoms with Gasteiger partial charge in [-0.1, -0.05) is 48.6 Å². The molecule has 4 aliphatic rings. The highest BCUT2D eigenvalue weighted by atomic mass is 16.5. The van der Waals surface area contributed by atoms with Crippen LogP contribution in [0.1, 0.15) is 66.2 Å². The molecule has 0 N–H and O–H groups in total. The largest absolute Gasteiger partial charge is 0.458 e. The average molecular weight is 441 g/mol. The molecule has 4 rings (SSSR count). The van der Waals surface area contributed by atoms with E-state index in [9.17, 15) is 9.59 Å². The van der Waals surface area contributed by atoms with Crippen LogP contribution in [0, 0.1) is 35.5 Å². The summed E-state index contributed by atoms with van der Waals surface area (Å²) in [5.41, 5.74) is 3.16. The maximum absolute atomic E-state index is 11.0. The van der Waals surface area contributed by atoms with Crippen molar-refractivity contribution in [3.05, 3.63) is 48.6 Å². The quantitative estimate of drug-likeness (QED) is 0.365. The fourth-order valence-corrected chi connectivity index (χ4v) is 6.88. The van der Waals surface area contributed by atoms with Gasteiger partial charge in [0.25, 0.3) is 0 Å². The molecule has 176 valence electrons. The number of hydrogen-bond donors (Lipinski definition) is 0. The zero-order chi connectivity index (χ0) is 23.4. The van der Waals surface area contributed by atoms with Gasteiger partial charge in [-0.2, -0.15) is 0 Å². The molecular formula is C28H40O4. The first-order chi connectivity index (χ1) is 15.3. The molecule has 0 spiro atoms. The van der Waals surface area contributed by atoms with Crippen molar-refractivity contribution >= 4 is 11.9 Å². The van der Waals surface area contributed by atoms with Crippen LogP contribution in [0.15, 0.2) is 48.6 Å². The third-order valence-electron chi connectivity index (χ3n) is 8.14. The summed E-state index contributed by atoms with van der Waals surface area (Å²) in [6, 6.07) is 0. The lowest BCUT2D eigenvalue weighted by molar-refractivity contribution is -0.147. The van der Waals surface area contributed by atoms with E-state index < -0.39 is 0 Å². The lowest BCUT2D eigenvalue weighted by Crippen LogP contribution is -2.29. The van der Waals surface area contributed by atoms with Gasteiger partial charge in [0, 0.05) is 25.7 Å². The Morgan fingerprint density at radius 1 is 0.844 bits per heavy atom. The van der Waals surface area contributed by atoms with Gasteiger partial charge >= 0.3 is 11.9 Å². The predicted molar refractivity (Wildman–Crippen MR) is 128 cm³/mol. The van der Waals surface area contributed by atoms with E-state index >= 15 is 0 Å². The maximum Gasteiger partial charge on any atom is 0.303 e. The summed E-state index contributed by atoms with van der Waals surface area (Å²) in [5, 5.41) is 0. The molecule has 0 saturated heterocycles. The normalized spacial score (nSPS) is 36.4. The third-order valence-corrected chi connectivity index (χ3v) is 8.14. The minimum absolute atomic E-state index is 0.0779. The monoisotopic (exact) mass is 440 g/mol. The Morgan fingerprint density at radius 3 is 1.88 bits per heavy atom. The van der Waals surface area contributed by atoms with E-state index in [1.165, 1.54) is 46.0 Å². The Hall–Kier alpha value is -2.10. The molecule has 4 saturated carbocycles. The van der Waals surface area contributed by atoms with Crippen LogP contribution in [0.25, 0.3) is 0 Å². The molecule has 4 fully saturated rings.